The summed E-state index contributed by atoms with van der Waals surface area (Å²) >= 11 is 1.79. The van der Waals surface area contributed by atoms with E-state index >= 15 is 0 Å². The lowest BCUT2D eigenvalue weighted by Gasteiger charge is -2.09. The van der Waals surface area contributed by atoms with Crippen LogP contribution in [0.15, 0.2) is 29.3 Å². The van der Waals surface area contributed by atoms with Gasteiger partial charge in [-0.05, 0) is 64.4 Å². The molecular weight excluding hydrogens is 440 g/mol. The Hall–Kier alpha value is -3.05. The fourth-order valence-corrected chi connectivity index (χ4v) is 3.43. The predicted molar refractivity (Wildman–Crippen MR) is 135 cm³/mol. The number of aryl methyl sites for hydroxylation is 2. The van der Waals surface area contributed by atoms with Gasteiger partial charge in [-0.1, -0.05) is 24.1 Å². The maximum Gasteiger partial charge on any atom is 0.280 e. The van der Waals surface area contributed by atoms with Crippen molar-refractivity contribution in [2.24, 2.45) is 10.7 Å². The van der Waals surface area contributed by atoms with Crippen LogP contribution in [-0.2, 0) is 6.42 Å². The van der Waals surface area contributed by atoms with Gasteiger partial charge >= 0.3 is 0 Å². The minimum absolute atomic E-state index is 0.0150. The number of hydrogen-bond acceptors (Lipinski definition) is 9. The highest BCUT2D eigenvalue weighted by Crippen LogP contribution is 2.15. The number of nitrogens with one attached hydrogen (secondary N) is 1. The van der Waals surface area contributed by atoms with E-state index in [0.717, 1.165) is 37.2 Å². The molecule has 0 radical (unpaired) electrons. The van der Waals surface area contributed by atoms with Crippen molar-refractivity contribution in [3.8, 4) is 5.75 Å². The topological polar surface area (TPSA) is 158 Å². The SMILES string of the molecule is Cc1nc(C(=O)NC(N)=NCCCCc2ccc(OCCCSN(C)C)cc2)c(N)nc1N. The van der Waals surface area contributed by atoms with Gasteiger partial charge in [-0.25, -0.2) is 9.97 Å². The Morgan fingerprint density at radius 3 is 2.55 bits per heavy atom. The Bertz CT molecular complexity index is 935. The summed E-state index contributed by atoms with van der Waals surface area (Å²) in [6.45, 7) is 2.86. The quantitative estimate of drug-likeness (QED) is 0.156. The average Bonchev–Trinajstić information content (AvgIpc) is 2.76. The molecule has 2 aromatic rings. The third-order valence-electron chi connectivity index (χ3n) is 4.58. The molecule has 0 spiro atoms. The lowest BCUT2D eigenvalue weighted by molar-refractivity contribution is 0.0972. The molecule has 7 N–H and O–H groups in total. The van der Waals surface area contributed by atoms with Crippen LogP contribution in [0.25, 0.3) is 0 Å². The largest absolute Gasteiger partial charge is 0.494 e. The first-order valence-corrected chi connectivity index (χ1v) is 11.7. The van der Waals surface area contributed by atoms with Crippen molar-refractivity contribution < 1.29 is 9.53 Å². The van der Waals surface area contributed by atoms with Gasteiger partial charge in [0.05, 0.1) is 12.3 Å². The number of hydrogen-bond donors (Lipinski definition) is 4. The summed E-state index contributed by atoms with van der Waals surface area (Å²) in [5.41, 5.74) is 18.8. The second-order valence-corrected chi connectivity index (χ2v) is 8.99. The van der Waals surface area contributed by atoms with Crippen molar-refractivity contribution in [1.82, 2.24) is 19.6 Å². The molecule has 11 heteroatoms. The van der Waals surface area contributed by atoms with E-state index in [2.05, 4.69) is 36.7 Å². The highest BCUT2D eigenvalue weighted by Gasteiger charge is 2.15. The third kappa shape index (κ3) is 9.54. The summed E-state index contributed by atoms with van der Waals surface area (Å²) in [6.07, 6.45) is 3.72. The summed E-state index contributed by atoms with van der Waals surface area (Å²) in [4.78, 5) is 24.4. The second kappa shape index (κ2) is 13.5. The molecule has 0 unspecified atom stereocenters. The van der Waals surface area contributed by atoms with Crippen LogP contribution < -0.4 is 27.3 Å². The van der Waals surface area contributed by atoms with E-state index in [-0.39, 0.29) is 23.3 Å². The van der Waals surface area contributed by atoms with Gasteiger partial charge in [0, 0.05) is 12.3 Å². The molecule has 0 atom stereocenters. The molecule has 10 nitrogen and oxygen atoms in total. The monoisotopic (exact) mass is 474 g/mol. The highest BCUT2D eigenvalue weighted by molar-refractivity contribution is 7.96. The molecule has 33 heavy (non-hydrogen) atoms. The number of nitrogen functional groups attached to an aromatic ring is 2. The molecule has 1 aromatic heterocycles. The number of anilines is 2. The molecule has 0 fully saturated rings. The molecule has 1 aromatic carbocycles. The molecule has 1 heterocycles. The fourth-order valence-electron chi connectivity index (χ4n) is 2.82. The number of rotatable bonds is 12. The van der Waals surface area contributed by atoms with Gasteiger partial charge in [-0.15, -0.1) is 0 Å². The van der Waals surface area contributed by atoms with Gasteiger partial charge < -0.3 is 21.9 Å². The zero-order valence-corrected chi connectivity index (χ0v) is 20.3. The maximum atomic E-state index is 12.3. The van der Waals surface area contributed by atoms with Crippen LogP contribution in [0.4, 0.5) is 11.6 Å². The summed E-state index contributed by atoms with van der Waals surface area (Å²) < 4.78 is 7.87. The molecule has 0 saturated carbocycles. The second-order valence-electron chi connectivity index (χ2n) is 7.60. The van der Waals surface area contributed by atoms with E-state index in [0.29, 0.717) is 18.8 Å². The first kappa shape index (κ1) is 26.2. The maximum absolute atomic E-state index is 12.3. The van der Waals surface area contributed by atoms with Crippen molar-refractivity contribution in [3.05, 3.63) is 41.2 Å². The van der Waals surface area contributed by atoms with Crippen LogP contribution in [0.3, 0.4) is 0 Å². The van der Waals surface area contributed by atoms with E-state index in [1.807, 2.05) is 26.2 Å². The number of guanidine groups is 1. The van der Waals surface area contributed by atoms with Crippen LogP contribution in [-0.4, -0.2) is 59.1 Å². The first-order valence-electron chi connectivity index (χ1n) is 10.8. The van der Waals surface area contributed by atoms with Crippen LogP contribution >= 0.6 is 11.9 Å². The fraction of sp³-hybridized carbons (Fsp3) is 0.455. The molecular formula is C22H34N8O2S. The van der Waals surface area contributed by atoms with Gasteiger partial charge in [0.1, 0.15) is 11.6 Å². The predicted octanol–water partition coefficient (Wildman–Crippen LogP) is 2.00. The average molecular weight is 475 g/mol. The van der Waals surface area contributed by atoms with Gasteiger partial charge in [0.2, 0.25) is 0 Å². The molecule has 0 saturated heterocycles. The van der Waals surface area contributed by atoms with E-state index in [9.17, 15) is 4.79 Å². The van der Waals surface area contributed by atoms with Crippen molar-refractivity contribution in [1.29, 1.82) is 0 Å². The van der Waals surface area contributed by atoms with Crippen molar-refractivity contribution in [2.45, 2.75) is 32.6 Å². The first-order chi connectivity index (χ1) is 15.8. The van der Waals surface area contributed by atoms with Crippen LogP contribution in [0.2, 0.25) is 0 Å². The summed E-state index contributed by atoms with van der Waals surface area (Å²) in [7, 11) is 4.08. The Kier molecular flexibility index (Phi) is 10.7. The minimum atomic E-state index is -0.567. The summed E-state index contributed by atoms with van der Waals surface area (Å²) in [6, 6.07) is 8.19. The zero-order chi connectivity index (χ0) is 24.2. The number of carbonyl (C=O) groups is 1. The Morgan fingerprint density at radius 1 is 1.12 bits per heavy atom. The van der Waals surface area contributed by atoms with E-state index in [4.69, 9.17) is 21.9 Å². The number of nitrogens with zero attached hydrogens (tertiary/aromatic N) is 4. The number of unbranched alkanes of at least 4 members (excludes halogenated alkanes) is 1. The van der Waals surface area contributed by atoms with E-state index in [1.165, 1.54) is 5.56 Å². The molecule has 2 rings (SSSR count). The van der Waals surface area contributed by atoms with Crippen molar-refractivity contribution >= 4 is 35.5 Å². The normalized spacial score (nSPS) is 11.6. The van der Waals surface area contributed by atoms with E-state index in [1.54, 1.807) is 18.9 Å². The van der Waals surface area contributed by atoms with Crippen LogP contribution in [0, 0.1) is 6.92 Å². The molecule has 1 amide bonds. The molecule has 0 aliphatic rings. The summed E-state index contributed by atoms with van der Waals surface area (Å²) in [5.74, 6) is 1.52. The summed E-state index contributed by atoms with van der Waals surface area (Å²) in [5, 5.41) is 2.48. The molecule has 0 aliphatic carbocycles. The molecule has 0 aliphatic heterocycles. The number of aliphatic imine (C=N–C) groups is 1. The van der Waals surface area contributed by atoms with E-state index < -0.39 is 5.91 Å². The lowest BCUT2D eigenvalue weighted by Crippen LogP contribution is -2.38. The lowest BCUT2D eigenvalue weighted by atomic mass is 10.1. The smallest absolute Gasteiger partial charge is 0.280 e. The number of carbonyl (C=O) groups excluding carboxylic acids is 1. The Balaban J connectivity index is 1.67. The highest BCUT2D eigenvalue weighted by atomic mass is 32.2. The third-order valence-corrected chi connectivity index (χ3v) is 5.56. The Morgan fingerprint density at radius 2 is 1.85 bits per heavy atom. The standard InChI is InChI=1S/C22H34N8O2S/c1-15-19(23)28-20(24)18(27-15)21(31)29-22(25)26-12-5-4-7-16-8-10-17(11-9-16)32-13-6-14-33-30(2)3/h8-11H,4-7,12-14H2,1-3H3,(H4,23,24,28)(H3,25,26,29,31). The van der Waals surface area contributed by atoms with Crippen LogP contribution in [0.1, 0.15) is 41.0 Å². The minimum Gasteiger partial charge on any atom is -0.494 e. The van der Waals surface area contributed by atoms with Crippen molar-refractivity contribution in [2.75, 3.05) is 44.5 Å². The number of aromatic nitrogens is 2. The number of amides is 1. The van der Waals surface area contributed by atoms with Gasteiger partial charge in [0.15, 0.2) is 17.5 Å². The molecule has 0 bridgehead atoms. The zero-order valence-electron chi connectivity index (χ0n) is 19.5. The van der Waals surface area contributed by atoms with Gasteiger partial charge in [-0.3, -0.25) is 19.4 Å². The Labute approximate surface area is 199 Å². The molecule has 180 valence electrons. The number of nitrogens with two attached hydrogens (primary N) is 3. The van der Waals surface area contributed by atoms with Gasteiger partial charge in [-0.2, -0.15) is 0 Å². The number of benzene rings is 1. The van der Waals surface area contributed by atoms with Crippen LogP contribution in [0.5, 0.6) is 5.75 Å². The number of ether oxygens (including phenoxy) is 1. The van der Waals surface area contributed by atoms with Crippen molar-refractivity contribution in [3.63, 3.8) is 0 Å². The van der Waals surface area contributed by atoms with Gasteiger partial charge in [0.25, 0.3) is 5.91 Å².